The molecular formula is C22H26Cl2N2O2S. The predicted molar refractivity (Wildman–Crippen MR) is 122 cm³/mol. The molecule has 0 bridgehead atoms. The lowest BCUT2D eigenvalue weighted by Crippen LogP contribution is -2.48. The number of hydrogen-bond acceptors (Lipinski definition) is 3. The first-order valence-corrected chi connectivity index (χ1v) is 11.5. The average Bonchev–Trinajstić information content (AvgIpc) is 2.72. The van der Waals surface area contributed by atoms with Crippen molar-refractivity contribution in [3.63, 3.8) is 0 Å². The minimum absolute atomic E-state index is 0.0961. The lowest BCUT2D eigenvalue weighted by molar-refractivity contribution is -0.138. The molecule has 0 radical (unpaired) electrons. The molecule has 0 spiro atoms. The Kier molecular flexibility index (Phi) is 9.85. The molecule has 0 aromatic heterocycles. The lowest BCUT2D eigenvalue weighted by atomic mass is 10.1. The molecule has 0 saturated heterocycles. The van der Waals surface area contributed by atoms with Crippen LogP contribution in [-0.2, 0) is 21.9 Å². The largest absolute Gasteiger partial charge is 0.354 e. The van der Waals surface area contributed by atoms with Crippen molar-refractivity contribution in [1.82, 2.24) is 10.2 Å². The Balaban J connectivity index is 2.06. The van der Waals surface area contributed by atoms with Crippen molar-refractivity contribution in [3.8, 4) is 0 Å². The normalized spacial score (nSPS) is 11.7. The van der Waals surface area contributed by atoms with Crippen LogP contribution < -0.4 is 5.32 Å². The van der Waals surface area contributed by atoms with E-state index in [4.69, 9.17) is 23.2 Å². The molecule has 2 aromatic rings. The summed E-state index contributed by atoms with van der Waals surface area (Å²) in [4.78, 5) is 27.1. The molecule has 2 rings (SSSR count). The topological polar surface area (TPSA) is 49.4 Å². The Bertz CT molecular complexity index is 797. The third-order valence-electron chi connectivity index (χ3n) is 4.45. The molecule has 2 aromatic carbocycles. The van der Waals surface area contributed by atoms with Crippen LogP contribution in [0.1, 0.15) is 31.4 Å². The number of thioether (sulfide) groups is 1. The van der Waals surface area contributed by atoms with Crippen LogP contribution in [0.3, 0.4) is 0 Å². The van der Waals surface area contributed by atoms with E-state index in [0.717, 1.165) is 17.5 Å². The predicted octanol–water partition coefficient (Wildman–Crippen LogP) is 5.17. The fourth-order valence-corrected chi connectivity index (χ4v) is 4.40. The molecule has 0 unspecified atom stereocenters. The van der Waals surface area contributed by atoms with Gasteiger partial charge in [0.25, 0.3) is 0 Å². The zero-order valence-electron chi connectivity index (χ0n) is 16.7. The van der Waals surface area contributed by atoms with Crippen LogP contribution in [0.15, 0.2) is 48.5 Å². The smallest absolute Gasteiger partial charge is 0.242 e. The number of carbonyl (C=O) groups is 2. The van der Waals surface area contributed by atoms with Crippen LogP contribution in [0.25, 0.3) is 0 Å². The summed E-state index contributed by atoms with van der Waals surface area (Å²) in [5, 5.41) is 4.05. The van der Waals surface area contributed by atoms with Crippen molar-refractivity contribution in [1.29, 1.82) is 0 Å². The van der Waals surface area contributed by atoms with E-state index in [-0.39, 0.29) is 17.6 Å². The summed E-state index contributed by atoms with van der Waals surface area (Å²) in [7, 11) is 0. The number of nitrogens with one attached hydrogen (secondary N) is 1. The second kappa shape index (κ2) is 12.1. The van der Waals surface area contributed by atoms with Gasteiger partial charge in [0.1, 0.15) is 6.04 Å². The number of halogens is 2. The minimum atomic E-state index is -0.557. The number of carbonyl (C=O) groups excluding carboxylic acids is 2. The van der Waals surface area contributed by atoms with Gasteiger partial charge in [0.2, 0.25) is 11.8 Å². The SMILES string of the molecule is CCCNC(=O)[C@@H](C)N(Cc1ccccc1)C(=O)CSCc1c(Cl)cccc1Cl. The Morgan fingerprint density at radius 1 is 1.07 bits per heavy atom. The molecule has 4 nitrogen and oxygen atoms in total. The third-order valence-corrected chi connectivity index (χ3v) is 6.10. The van der Waals surface area contributed by atoms with Crippen molar-refractivity contribution in [2.24, 2.45) is 0 Å². The van der Waals surface area contributed by atoms with Crippen LogP contribution in [0.4, 0.5) is 0 Å². The fraction of sp³-hybridized carbons (Fsp3) is 0.364. The molecular weight excluding hydrogens is 427 g/mol. The van der Waals surface area contributed by atoms with Gasteiger partial charge >= 0.3 is 0 Å². The Hall–Kier alpha value is -1.69. The Morgan fingerprint density at radius 3 is 2.34 bits per heavy atom. The van der Waals surface area contributed by atoms with Crippen LogP contribution in [-0.4, -0.2) is 35.1 Å². The molecule has 0 heterocycles. The Morgan fingerprint density at radius 2 is 1.72 bits per heavy atom. The van der Waals surface area contributed by atoms with Gasteiger partial charge in [-0.3, -0.25) is 9.59 Å². The minimum Gasteiger partial charge on any atom is -0.354 e. The van der Waals surface area contributed by atoms with E-state index in [0.29, 0.717) is 28.9 Å². The van der Waals surface area contributed by atoms with Crippen LogP contribution in [0, 0.1) is 0 Å². The van der Waals surface area contributed by atoms with Crippen molar-refractivity contribution in [3.05, 3.63) is 69.7 Å². The maximum Gasteiger partial charge on any atom is 0.242 e. The van der Waals surface area contributed by atoms with Gasteiger partial charge in [-0.2, -0.15) is 0 Å². The van der Waals surface area contributed by atoms with Gasteiger partial charge in [0.05, 0.1) is 5.75 Å². The zero-order chi connectivity index (χ0) is 21.2. The van der Waals surface area contributed by atoms with Gasteiger partial charge in [0.15, 0.2) is 0 Å². The van der Waals surface area contributed by atoms with Crippen LogP contribution in [0.5, 0.6) is 0 Å². The summed E-state index contributed by atoms with van der Waals surface area (Å²) >= 11 is 13.9. The highest BCUT2D eigenvalue weighted by Gasteiger charge is 2.25. The van der Waals surface area contributed by atoms with Gasteiger partial charge in [-0.05, 0) is 36.6 Å². The van der Waals surface area contributed by atoms with Crippen molar-refractivity contribution >= 4 is 46.8 Å². The van der Waals surface area contributed by atoms with E-state index in [9.17, 15) is 9.59 Å². The van der Waals surface area contributed by atoms with E-state index in [2.05, 4.69) is 5.32 Å². The molecule has 1 N–H and O–H groups in total. The van der Waals surface area contributed by atoms with E-state index in [1.165, 1.54) is 11.8 Å². The number of rotatable bonds is 10. The first-order chi connectivity index (χ1) is 13.9. The van der Waals surface area contributed by atoms with Gasteiger partial charge < -0.3 is 10.2 Å². The Labute approximate surface area is 187 Å². The lowest BCUT2D eigenvalue weighted by Gasteiger charge is -2.28. The second-order valence-corrected chi connectivity index (χ2v) is 8.47. The first kappa shape index (κ1) is 23.6. The molecule has 1 atom stereocenters. The maximum atomic E-state index is 13.0. The molecule has 0 saturated carbocycles. The monoisotopic (exact) mass is 452 g/mol. The quantitative estimate of drug-likeness (QED) is 0.540. The van der Waals surface area contributed by atoms with E-state index >= 15 is 0 Å². The average molecular weight is 453 g/mol. The summed E-state index contributed by atoms with van der Waals surface area (Å²) < 4.78 is 0. The highest BCUT2D eigenvalue weighted by atomic mass is 35.5. The van der Waals surface area contributed by atoms with Gasteiger partial charge in [-0.25, -0.2) is 0 Å². The number of nitrogens with zero attached hydrogens (tertiary/aromatic N) is 1. The number of amides is 2. The standard InChI is InChI=1S/C22H26Cl2N2O2S/c1-3-12-25-22(28)16(2)26(13-17-8-5-4-6-9-17)21(27)15-29-14-18-19(23)10-7-11-20(18)24/h4-11,16H,3,12-15H2,1-2H3,(H,25,28)/t16-/m1/s1. The molecule has 2 amide bonds. The van der Waals surface area contributed by atoms with Crippen LogP contribution in [0.2, 0.25) is 10.0 Å². The number of hydrogen-bond donors (Lipinski definition) is 1. The second-order valence-electron chi connectivity index (χ2n) is 6.67. The highest BCUT2D eigenvalue weighted by Crippen LogP contribution is 2.28. The maximum absolute atomic E-state index is 13.0. The molecule has 7 heteroatoms. The van der Waals surface area contributed by atoms with Crippen molar-refractivity contribution in [2.45, 2.75) is 38.6 Å². The molecule has 0 fully saturated rings. The molecule has 29 heavy (non-hydrogen) atoms. The highest BCUT2D eigenvalue weighted by molar-refractivity contribution is 7.99. The molecule has 0 aliphatic carbocycles. The number of benzene rings is 2. The van der Waals surface area contributed by atoms with E-state index < -0.39 is 6.04 Å². The zero-order valence-corrected chi connectivity index (χ0v) is 19.0. The van der Waals surface area contributed by atoms with Crippen molar-refractivity contribution in [2.75, 3.05) is 12.3 Å². The summed E-state index contributed by atoms with van der Waals surface area (Å²) in [5.74, 6) is 0.524. The van der Waals surface area contributed by atoms with Crippen molar-refractivity contribution < 1.29 is 9.59 Å². The van der Waals surface area contributed by atoms with Gasteiger partial charge in [-0.15, -0.1) is 11.8 Å². The van der Waals surface area contributed by atoms with Gasteiger partial charge in [0, 0.05) is 28.9 Å². The molecule has 0 aliphatic rings. The van der Waals surface area contributed by atoms with Gasteiger partial charge in [-0.1, -0.05) is 66.5 Å². The molecule has 0 aliphatic heterocycles. The first-order valence-electron chi connectivity index (χ1n) is 9.55. The summed E-state index contributed by atoms with van der Waals surface area (Å²) in [6.07, 6.45) is 0.847. The van der Waals surface area contributed by atoms with E-state index in [1.807, 2.05) is 37.3 Å². The summed E-state index contributed by atoms with van der Waals surface area (Å²) in [6.45, 7) is 4.74. The third kappa shape index (κ3) is 7.25. The molecule has 156 valence electrons. The fourth-order valence-electron chi connectivity index (χ4n) is 2.75. The summed E-state index contributed by atoms with van der Waals surface area (Å²) in [5.41, 5.74) is 1.80. The van der Waals surface area contributed by atoms with Crippen LogP contribution >= 0.6 is 35.0 Å². The summed E-state index contributed by atoms with van der Waals surface area (Å²) in [6, 6.07) is 14.5. The van der Waals surface area contributed by atoms with E-state index in [1.54, 1.807) is 30.0 Å².